The van der Waals surface area contributed by atoms with Gasteiger partial charge in [0.2, 0.25) is 5.88 Å². The van der Waals surface area contributed by atoms with Crippen molar-refractivity contribution in [2.24, 2.45) is 11.8 Å². The van der Waals surface area contributed by atoms with Gasteiger partial charge in [0.05, 0.1) is 30.2 Å². The number of ether oxygens (including phenoxy) is 1. The Morgan fingerprint density at radius 3 is 2.29 bits per heavy atom. The highest BCUT2D eigenvalue weighted by atomic mass is 35.5. The van der Waals surface area contributed by atoms with Gasteiger partial charge in [-0.25, -0.2) is 4.98 Å². The highest BCUT2D eigenvalue weighted by molar-refractivity contribution is 6.32. The molecule has 5 nitrogen and oxygen atoms in total. The normalized spacial score (nSPS) is 22.1. The quantitative estimate of drug-likeness (QED) is 0.0831. The van der Waals surface area contributed by atoms with Crippen LogP contribution in [0.1, 0.15) is 36.5 Å². The van der Waals surface area contributed by atoms with Crippen LogP contribution in [0.4, 0.5) is 0 Å². The summed E-state index contributed by atoms with van der Waals surface area (Å²) in [5.74, 6) is 2.19. The predicted octanol–water partition coefficient (Wildman–Crippen LogP) is 10.1. The first-order valence-corrected chi connectivity index (χ1v) is 17.7. The second-order valence-corrected chi connectivity index (χ2v) is 14.0. The Bertz CT molecular complexity index is 2070. The molecule has 2 bridgehead atoms. The largest absolute Gasteiger partial charge is 0.469 e. The minimum Gasteiger partial charge on any atom is -0.469 e. The molecule has 3 aliphatic heterocycles. The van der Waals surface area contributed by atoms with Gasteiger partial charge in [-0.1, -0.05) is 127 Å². The summed E-state index contributed by atoms with van der Waals surface area (Å²) < 4.78 is 8.34. The van der Waals surface area contributed by atoms with Crippen molar-refractivity contribution in [1.82, 2.24) is 15.0 Å². The van der Waals surface area contributed by atoms with Crippen LogP contribution in [-0.2, 0) is 6.54 Å². The summed E-state index contributed by atoms with van der Waals surface area (Å²) in [6, 6.07) is 41.9. The number of aromatic nitrogens is 3. The summed E-state index contributed by atoms with van der Waals surface area (Å²) in [5, 5.41) is 1.46. The molecule has 9 rings (SSSR count). The third kappa shape index (κ3) is 6.25. The smallest absolute Gasteiger partial charge is 0.227 e. The maximum Gasteiger partial charge on any atom is 0.227 e. The Balaban J connectivity index is 1.26. The molecule has 6 aromatic rings. The van der Waals surface area contributed by atoms with Crippen LogP contribution in [0.15, 0.2) is 140 Å². The minimum absolute atomic E-state index is 0.303. The number of hydrogen-bond acceptors (Lipinski definition) is 4. The summed E-state index contributed by atoms with van der Waals surface area (Å²) in [7, 11) is 0. The predicted molar refractivity (Wildman–Crippen MR) is 198 cm³/mol. The second-order valence-electron chi connectivity index (χ2n) is 13.6. The standard InChI is InChI=1S/C43H40ClN4O/c1-2-31-29-48(28-30-14-6-3-7-15-30)25-23-34(31)26-35(48)27-39(37-22-24-45-38-21-13-12-20-36(37)38)49-43-40(32-16-8-4-9-17-32)41(44)46-42(47-43)33-18-10-5-11-19-33/h2-22,24,31,34-35,39H,1,23,25-29H2/q+1/t31?,34?,35?,39-,48?/m1/s1. The number of quaternary nitrogens is 1. The van der Waals surface area contributed by atoms with Crippen LogP contribution in [-0.4, -0.2) is 38.6 Å². The summed E-state index contributed by atoms with van der Waals surface area (Å²) in [6.45, 7) is 7.53. The van der Waals surface area contributed by atoms with Crippen molar-refractivity contribution in [2.45, 2.75) is 38.0 Å². The molecule has 49 heavy (non-hydrogen) atoms. The fraction of sp³-hybridized carbons (Fsp3) is 0.233. The molecule has 4 unspecified atom stereocenters. The average molecular weight is 664 g/mol. The zero-order chi connectivity index (χ0) is 33.2. The molecule has 0 saturated carbocycles. The van der Waals surface area contributed by atoms with E-state index in [9.17, 15) is 0 Å². The number of fused-ring (bicyclic) bond motifs is 4. The molecule has 0 amide bonds. The number of benzene rings is 4. The van der Waals surface area contributed by atoms with Crippen LogP contribution in [0, 0.1) is 11.8 Å². The first-order valence-electron chi connectivity index (χ1n) is 17.3. The van der Waals surface area contributed by atoms with Gasteiger partial charge in [0.25, 0.3) is 0 Å². The van der Waals surface area contributed by atoms with Crippen LogP contribution < -0.4 is 4.74 Å². The SMILES string of the molecule is C=CC1C[N+]2(Cc3ccccc3)CCC1CC2C[C@@H](Oc1nc(-c2ccccc2)nc(Cl)c1-c1ccccc1)c1ccnc2ccccc12. The topological polar surface area (TPSA) is 47.9 Å². The Morgan fingerprint density at radius 2 is 1.53 bits per heavy atom. The highest BCUT2D eigenvalue weighted by Gasteiger charge is 2.52. The molecule has 0 aliphatic carbocycles. The summed E-state index contributed by atoms with van der Waals surface area (Å²) in [5.41, 5.74) is 5.95. The van der Waals surface area contributed by atoms with Crippen LogP contribution >= 0.6 is 11.6 Å². The van der Waals surface area contributed by atoms with Crippen molar-refractivity contribution in [3.8, 4) is 28.4 Å². The van der Waals surface area contributed by atoms with Gasteiger partial charge in [-0.3, -0.25) is 4.98 Å². The van der Waals surface area contributed by atoms with Gasteiger partial charge in [-0.2, -0.15) is 4.98 Å². The van der Waals surface area contributed by atoms with E-state index in [4.69, 9.17) is 31.3 Å². The lowest BCUT2D eigenvalue weighted by Crippen LogP contribution is -2.66. The number of pyridine rings is 1. The maximum atomic E-state index is 7.30. The zero-order valence-corrected chi connectivity index (χ0v) is 28.3. The van der Waals surface area contributed by atoms with E-state index in [2.05, 4.69) is 67.3 Å². The monoisotopic (exact) mass is 663 g/mol. The molecule has 5 heterocycles. The third-order valence-corrected chi connectivity index (χ3v) is 11.1. The second kappa shape index (κ2) is 13.6. The van der Waals surface area contributed by atoms with Crippen LogP contribution in [0.25, 0.3) is 33.4 Å². The molecule has 244 valence electrons. The Hall–Kier alpha value is -4.84. The van der Waals surface area contributed by atoms with E-state index in [1.165, 1.54) is 12.0 Å². The molecule has 3 fully saturated rings. The fourth-order valence-corrected chi connectivity index (χ4v) is 8.65. The Morgan fingerprint density at radius 1 is 0.837 bits per heavy atom. The van der Waals surface area contributed by atoms with E-state index in [1.54, 1.807) is 0 Å². The van der Waals surface area contributed by atoms with Crippen molar-refractivity contribution in [1.29, 1.82) is 0 Å². The molecule has 3 aliphatic rings. The fourth-order valence-electron chi connectivity index (χ4n) is 8.38. The third-order valence-electron chi connectivity index (χ3n) is 10.8. The number of piperidine rings is 3. The van der Waals surface area contributed by atoms with Crippen LogP contribution in [0.2, 0.25) is 5.15 Å². The highest BCUT2D eigenvalue weighted by Crippen LogP contribution is 2.48. The van der Waals surface area contributed by atoms with Gasteiger partial charge >= 0.3 is 0 Å². The van der Waals surface area contributed by atoms with Gasteiger partial charge < -0.3 is 9.22 Å². The molecule has 0 radical (unpaired) electrons. The molecule has 3 saturated heterocycles. The summed E-state index contributed by atoms with van der Waals surface area (Å²) in [6.07, 6.45) is 7.01. The lowest BCUT2D eigenvalue weighted by molar-refractivity contribution is -0.981. The Kier molecular flexibility index (Phi) is 8.71. The lowest BCUT2D eigenvalue weighted by Gasteiger charge is -2.57. The minimum atomic E-state index is -0.303. The molecular formula is C43H40ClN4O+. The van der Waals surface area contributed by atoms with E-state index in [1.807, 2.05) is 72.9 Å². The lowest BCUT2D eigenvalue weighted by atomic mass is 9.71. The van der Waals surface area contributed by atoms with Crippen LogP contribution in [0.5, 0.6) is 5.88 Å². The number of nitrogens with zero attached hydrogens (tertiary/aromatic N) is 4. The molecule has 0 spiro atoms. The van der Waals surface area contributed by atoms with Gasteiger partial charge in [-0.15, -0.1) is 6.58 Å². The Labute approximate surface area is 293 Å². The maximum absolute atomic E-state index is 7.30. The van der Waals surface area contributed by atoms with E-state index in [0.717, 1.165) is 64.6 Å². The summed E-state index contributed by atoms with van der Waals surface area (Å²) in [4.78, 5) is 14.6. The summed E-state index contributed by atoms with van der Waals surface area (Å²) >= 11 is 7.08. The molecule has 0 N–H and O–H groups in total. The van der Waals surface area contributed by atoms with E-state index in [0.29, 0.717) is 40.3 Å². The average Bonchev–Trinajstić information content (AvgIpc) is 3.15. The number of hydrogen-bond donors (Lipinski definition) is 0. The van der Waals surface area contributed by atoms with Gasteiger partial charge in [-0.05, 0) is 23.6 Å². The van der Waals surface area contributed by atoms with Gasteiger partial charge in [0.1, 0.15) is 17.8 Å². The number of rotatable bonds is 10. The van der Waals surface area contributed by atoms with Crippen molar-refractivity contribution in [3.63, 3.8) is 0 Å². The zero-order valence-electron chi connectivity index (χ0n) is 27.5. The molecule has 6 heteroatoms. The van der Waals surface area contributed by atoms with E-state index in [-0.39, 0.29) is 6.10 Å². The van der Waals surface area contributed by atoms with Crippen molar-refractivity contribution < 1.29 is 9.22 Å². The van der Waals surface area contributed by atoms with Gasteiger partial charge in [0.15, 0.2) is 5.82 Å². The molecule has 5 atom stereocenters. The van der Waals surface area contributed by atoms with E-state index >= 15 is 0 Å². The molecule has 4 aromatic carbocycles. The number of para-hydroxylation sites is 1. The first kappa shape index (κ1) is 31.4. The van der Waals surface area contributed by atoms with Gasteiger partial charge in [0, 0.05) is 53.5 Å². The van der Waals surface area contributed by atoms with Crippen molar-refractivity contribution >= 4 is 22.5 Å². The first-order chi connectivity index (χ1) is 24.1. The molecule has 2 aromatic heterocycles. The molecular weight excluding hydrogens is 624 g/mol. The van der Waals surface area contributed by atoms with E-state index < -0.39 is 0 Å². The van der Waals surface area contributed by atoms with Crippen molar-refractivity contribution in [3.05, 3.63) is 156 Å². The van der Waals surface area contributed by atoms with Crippen molar-refractivity contribution in [2.75, 3.05) is 13.1 Å². The number of halogens is 1. The van der Waals surface area contributed by atoms with Crippen LogP contribution in [0.3, 0.4) is 0 Å².